The summed E-state index contributed by atoms with van der Waals surface area (Å²) in [7, 11) is 1.71. The predicted octanol–water partition coefficient (Wildman–Crippen LogP) is 2.66. The maximum Gasteiger partial charge on any atom is 0.205 e. The summed E-state index contributed by atoms with van der Waals surface area (Å²) in [6, 6.07) is 0. The molecular weight excluding hydrogens is 286 g/mol. The van der Waals surface area contributed by atoms with Gasteiger partial charge in [-0.2, -0.15) is 4.37 Å². The number of rotatable bonds is 4. The van der Waals surface area contributed by atoms with Crippen LogP contribution in [0.5, 0.6) is 0 Å². The summed E-state index contributed by atoms with van der Waals surface area (Å²) in [6.45, 7) is 6.88. The molecule has 1 saturated carbocycles. The van der Waals surface area contributed by atoms with Crippen LogP contribution in [-0.2, 0) is 15.9 Å². The lowest BCUT2D eigenvalue weighted by Gasteiger charge is -2.48. The third kappa shape index (κ3) is 3.38. The molecule has 0 N–H and O–H groups in total. The van der Waals surface area contributed by atoms with Gasteiger partial charge >= 0.3 is 0 Å². The Balaban J connectivity index is 1.75. The summed E-state index contributed by atoms with van der Waals surface area (Å²) < 4.78 is 16.0. The molecule has 0 atom stereocenters. The molecule has 0 radical (unpaired) electrons. The second-order valence-corrected chi connectivity index (χ2v) is 7.57. The second-order valence-electron chi connectivity index (χ2n) is 6.84. The van der Waals surface area contributed by atoms with Gasteiger partial charge in [0.2, 0.25) is 5.13 Å². The normalized spacial score (nSPS) is 23.9. The van der Waals surface area contributed by atoms with Crippen molar-refractivity contribution in [3.05, 3.63) is 5.82 Å². The van der Waals surface area contributed by atoms with Crippen molar-refractivity contribution in [3.8, 4) is 0 Å². The molecule has 6 heteroatoms. The minimum atomic E-state index is -0.124. The fraction of sp³-hybridized carbons (Fsp3) is 0.867. The number of hydrogen-bond acceptors (Lipinski definition) is 6. The van der Waals surface area contributed by atoms with E-state index in [0.29, 0.717) is 6.61 Å². The standard InChI is InChI=1S/C15H25N3O2S/c1-14(2)10-18(11-15(20-14)7-4-5-8-15)13-16-12(17-21-13)6-9-19-3/h4-11H2,1-3H3. The van der Waals surface area contributed by atoms with Crippen molar-refractivity contribution >= 4 is 16.7 Å². The molecule has 3 rings (SSSR count). The highest BCUT2D eigenvalue weighted by Crippen LogP contribution is 2.42. The molecule has 2 heterocycles. The predicted molar refractivity (Wildman–Crippen MR) is 84.1 cm³/mol. The second kappa shape index (κ2) is 5.82. The van der Waals surface area contributed by atoms with E-state index < -0.39 is 0 Å². The third-order valence-electron chi connectivity index (χ3n) is 4.32. The van der Waals surface area contributed by atoms with E-state index in [1.54, 1.807) is 7.11 Å². The van der Waals surface area contributed by atoms with Gasteiger partial charge < -0.3 is 14.4 Å². The Morgan fingerprint density at radius 3 is 2.76 bits per heavy atom. The SMILES string of the molecule is COCCc1nsc(N2CC(C)(C)OC3(CCCC3)C2)n1. The molecule has 0 amide bonds. The first-order chi connectivity index (χ1) is 10.0. The van der Waals surface area contributed by atoms with Crippen molar-refractivity contribution in [2.75, 3.05) is 31.7 Å². The van der Waals surface area contributed by atoms with Gasteiger partial charge in [0.05, 0.1) is 17.8 Å². The molecule has 1 aromatic heterocycles. The summed E-state index contributed by atoms with van der Waals surface area (Å²) in [5, 5.41) is 1.03. The number of hydrogen-bond donors (Lipinski definition) is 0. The zero-order valence-electron chi connectivity index (χ0n) is 13.2. The molecule has 1 spiro atoms. The van der Waals surface area contributed by atoms with Gasteiger partial charge in [-0.25, -0.2) is 4.98 Å². The van der Waals surface area contributed by atoms with Gasteiger partial charge in [-0.3, -0.25) is 0 Å². The highest BCUT2D eigenvalue weighted by Gasteiger charge is 2.46. The Hall–Kier alpha value is -0.720. The quantitative estimate of drug-likeness (QED) is 0.855. The van der Waals surface area contributed by atoms with Crippen LogP contribution < -0.4 is 4.90 Å². The van der Waals surface area contributed by atoms with Gasteiger partial charge in [-0.1, -0.05) is 12.8 Å². The Morgan fingerprint density at radius 1 is 1.29 bits per heavy atom. The van der Waals surface area contributed by atoms with Crippen molar-refractivity contribution in [1.82, 2.24) is 9.36 Å². The summed E-state index contributed by atoms with van der Waals surface area (Å²) in [5.74, 6) is 0.890. The van der Waals surface area contributed by atoms with Crippen LogP contribution in [0.25, 0.3) is 0 Å². The summed E-state index contributed by atoms with van der Waals surface area (Å²) in [5.41, 5.74) is -0.0962. The molecule has 2 fully saturated rings. The Morgan fingerprint density at radius 2 is 2.05 bits per heavy atom. The Kier molecular flexibility index (Phi) is 4.21. The van der Waals surface area contributed by atoms with E-state index in [2.05, 4.69) is 28.1 Å². The smallest absolute Gasteiger partial charge is 0.205 e. The largest absolute Gasteiger partial charge is 0.384 e. The summed E-state index contributed by atoms with van der Waals surface area (Å²) >= 11 is 1.50. The minimum Gasteiger partial charge on any atom is -0.384 e. The van der Waals surface area contributed by atoms with E-state index in [0.717, 1.165) is 30.5 Å². The van der Waals surface area contributed by atoms with Gasteiger partial charge in [0, 0.05) is 38.2 Å². The topological polar surface area (TPSA) is 47.5 Å². The molecule has 0 aromatic carbocycles. The van der Waals surface area contributed by atoms with E-state index in [1.165, 1.54) is 37.2 Å². The summed E-state index contributed by atoms with van der Waals surface area (Å²) in [6.07, 6.45) is 5.68. The maximum absolute atomic E-state index is 6.44. The third-order valence-corrected chi connectivity index (χ3v) is 5.13. The first-order valence-corrected chi connectivity index (χ1v) is 8.56. The number of nitrogens with zero attached hydrogens (tertiary/aromatic N) is 3. The molecule has 1 aliphatic heterocycles. The first-order valence-electron chi connectivity index (χ1n) is 7.79. The van der Waals surface area contributed by atoms with Gasteiger partial charge in [0.15, 0.2) is 0 Å². The van der Waals surface area contributed by atoms with Gasteiger partial charge in [-0.05, 0) is 26.7 Å². The molecular formula is C15H25N3O2S. The van der Waals surface area contributed by atoms with Crippen LogP contribution >= 0.6 is 11.5 Å². The number of anilines is 1. The van der Waals surface area contributed by atoms with Gasteiger partial charge in [-0.15, -0.1) is 0 Å². The van der Waals surface area contributed by atoms with E-state index in [-0.39, 0.29) is 11.2 Å². The highest BCUT2D eigenvalue weighted by molar-refractivity contribution is 7.09. The molecule has 0 unspecified atom stereocenters. The van der Waals surface area contributed by atoms with Crippen LogP contribution in [0, 0.1) is 0 Å². The van der Waals surface area contributed by atoms with E-state index >= 15 is 0 Å². The van der Waals surface area contributed by atoms with Crippen LogP contribution in [0.15, 0.2) is 0 Å². The molecule has 1 saturated heterocycles. The highest BCUT2D eigenvalue weighted by atomic mass is 32.1. The van der Waals surface area contributed by atoms with Gasteiger partial charge in [0.1, 0.15) is 5.82 Å². The monoisotopic (exact) mass is 311 g/mol. The molecule has 5 nitrogen and oxygen atoms in total. The molecule has 118 valence electrons. The number of morpholine rings is 1. The molecule has 21 heavy (non-hydrogen) atoms. The zero-order chi connectivity index (χ0) is 14.9. The van der Waals surface area contributed by atoms with Crippen LogP contribution in [0.4, 0.5) is 5.13 Å². The molecule has 1 aromatic rings. The van der Waals surface area contributed by atoms with E-state index in [1.807, 2.05) is 0 Å². The van der Waals surface area contributed by atoms with Crippen LogP contribution in [0.3, 0.4) is 0 Å². The van der Waals surface area contributed by atoms with Crippen molar-refractivity contribution < 1.29 is 9.47 Å². The van der Waals surface area contributed by atoms with Crippen LogP contribution in [-0.4, -0.2) is 47.4 Å². The van der Waals surface area contributed by atoms with Crippen molar-refractivity contribution in [2.24, 2.45) is 0 Å². The Bertz CT molecular complexity index is 483. The van der Waals surface area contributed by atoms with Crippen LogP contribution in [0.1, 0.15) is 45.4 Å². The van der Waals surface area contributed by atoms with Crippen molar-refractivity contribution in [3.63, 3.8) is 0 Å². The number of methoxy groups -OCH3 is 1. The van der Waals surface area contributed by atoms with Crippen molar-refractivity contribution in [1.29, 1.82) is 0 Å². The lowest BCUT2D eigenvalue weighted by atomic mass is 9.94. The maximum atomic E-state index is 6.44. The van der Waals surface area contributed by atoms with Crippen molar-refractivity contribution in [2.45, 2.75) is 57.2 Å². The average Bonchev–Trinajstić information content (AvgIpc) is 3.04. The minimum absolute atomic E-state index is 0.0279. The number of aromatic nitrogens is 2. The lowest BCUT2D eigenvalue weighted by molar-refractivity contribution is -0.148. The van der Waals surface area contributed by atoms with Gasteiger partial charge in [0.25, 0.3) is 0 Å². The fourth-order valence-corrected chi connectivity index (χ4v) is 4.31. The van der Waals surface area contributed by atoms with E-state index in [9.17, 15) is 0 Å². The summed E-state index contributed by atoms with van der Waals surface area (Å²) in [4.78, 5) is 7.07. The fourth-order valence-electron chi connectivity index (χ4n) is 3.60. The molecule has 1 aliphatic carbocycles. The molecule has 0 bridgehead atoms. The average molecular weight is 311 g/mol. The van der Waals surface area contributed by atoms with E-state index in [4.69, 9.17) is 9.47 Å². The Labute approximate surface area is 130 Å². The number of ether oxygens (including phenoxy) is 2. The zero-order valence-corrected chi connectivity index (χ0v) is 14.0. The van der Waals surface area contributed by atoms with Crippen LogP contribution in [0.2, 0.25) is 0 Å². The molecule has 2 aliphatic rings. The first kappa shape index (κ1) is 15.2. The lowest BCUT2D eigenvalue weighted by Crippen LogP contribution is -2.58.